The molecule has 4 bridgehead atoms. The van der Waals surface area contributed by atoms with Crippen molar-refractivity contribution in [1.82, 2.24) is 9.88 Å². The lowest BCUT2D eigenvalue weighted by molar-refractivity contribution is -0.0833. The van der Waals surface area contributed by atoms with Crippen molar-refractivity contribution in [3.63, 3.8) is 0 Å². The molecule has 3 nitrogen and oxygen atoms in total. The van der Waals surface area contributed by atoms with Gasteiger partial charge in [-0.1, -0.05) is 29.8 Å². The van der Waals surface area contributed by atoms with Crippen molar-refractivity contribution in [3.8, 4) is 0 Å². The van der Waals surface area contributed by atoms with Crippen LogP contribution < -0.4 is 0 Å². The molecule has 1 aliphatic carbocycles. The number of hydrogen-bond acceptors (Lipinski definition) is 2. The number of hydrogen-bond donors (Lipinski definition) is 1. The number of fused-ring (bicyclic) bond motifs is 2. The monoisotopic (exact) mass is 308 g/mol. The predicted octanol–water partition coefficient (Wildman–Crippen LogP) is 3.68. The SMILES string of the molecule is C/C=C1\CN(C)C2Cc3c([nH]c4ccccc34)C3CC1C2CO3. The third-order valence-corrected chi connectivity index (χ3v) is 6.40. The summed E-state index contributed by atoms with van der Waals surface area (Å²) in [5.74, 6) is 1.33. The molecule has 1 N–H and O–H groups in total. The highest BCUT2D eigenvalue weighted by molar-refractivity contribution is 5.85. The highest BCUT2D eigenvalue weighted by Gasteiger charge is 2.46. The zero-order valence-electron chi connectivity index (χ0n) is 13.9. The maximum atomic E-state index is 6.33. The summed E-state index contributed by atoms with van der Waals surface area (Å²) in [7, 11) is 2.28. The first-order valence-corrected chi connectivity index (χ1v) is 8.82. The molecule has 0 saturated carbocycles. The summed E-state index contributed by atoms with van der Waals surface area (Å²) < 4.78 is 6.33. The van der Waals surface area contributed by atoms with Crippen LogP contribution in [0.15, 0.2) is 35.9 Å². The summed E-state index contributed by atoms with van der Waals surface area (Å²) >= 11 is 0. The number of likely N-dealkylation sites (tertiary alicyclic amines) is 1. The second-order valence-electron chi connectivity index (χ2n) is 7.44. The molecule has 120 valence electrons. The van der Waals surface area contributed by atoms with Gasteiger partial charge in [0.15, 0.2) is 0 Å². The quantitative estimate of drug-likeness (QED) is 0.752. The van der Waals surface area contributed by atoms with Crippen molar-refractivity contribution < 1.29 is 4.74 Å². The first-order chi connectivity index (χ1) is 11.3. The Morgan fingerprint density at radius 3 is 3.04 bits per heavy atom. The van der Waals surface area contributed by atoms with Crippen molar-refractivity contribution in [2.24, 2.45) is 11.8 Å². The van der Waals surface area contributed by atoms with E-state index in [1.54, 1.807) is 5.57 Å². The lowest BCUT2D eigenvalue weighted by Gasteiger charge is -2.51. The van der Waals surface area contributed by atoms with Crippen molar-refractivity contribution in [2.75, 3.05) is 20.2 Å². The Morgan fingerprint density at radius 1 is 1.30 bits per heavy atom. The van der Waals surface area contributed by atoms with Gasteiger partial charge in [0.05, 0.1) is 12.7 Å². The molecule has 4 heterocycles. The van der Waals surface area contributed by atoms with Crippen molar-refractivity contribution in [3.05, 3.63) is 47.2 Å². The van der Waals surface area contributed by atoms with Crippen LogP contribution in [0.2, 0.25) is 0 Å². The fourth-order valence-electron chi connectivity index (χ4n) is 5.21. The van der Waals surface area contributed by atoms with E-state index < -0.39 is 0 Å². The highest BCUT2D eigenvalue weighted by atomic mass is 16.5. The number of para-hydroxylation sites is 1. The van der Waals surface area contributed by atoms with Crippen LogP contribution in [0.5, 0.6) is 0 Å². The smallest absolute Gasteiger partial charge is 0.0981 e. The van der Waals surface area contributed by atoms with Gasteiger partial charge in [-0.3, -0.25) is 4.90 Å². The van der Waals surface area contributed by atoms with Crippen molar-refractivity contribution in [1.29, 1.82) is 0 Å². The van der Waals surface area contributed by atoms with Crippen molar-refractivity contribution in [2.45, 2.75) is 31.9 Å². The molecule has 2 saturated heterocycles. The second-order valence-corrected chi connectivity index (χ2v) is 7.44. The van der Waals surface area contributed by atoms with Crippen LogP contribution in [-0.4, -0.2) is 36.1 Å². The Morgan fingerprint density at radius 2 is 2.17 bits per heavy atom. The number of nitrogens with one attached hydrogen (secondary N) is 1. The number of nitrogens with zero attached hydrogens (tertiary/aromatic N) is 1. The van der Waals surface area contributed by atoms with Crippen LogP contribution in [0.3, 0.4) is 0 Å². The van der Waals surface area contributed by atoms with E-state index >= 15 is 0 Å². The summed E-state index contributed by atoms with van der Waals surface area (Å²) in [4.78, 5) is 6.24. The standard InChI is InChI=1S/C20H24N2O/c1-3-12-10-22(2)18-8-15-13-6-4-5-7-17(13)21-20(15)19-9-14(12)16(18)11-23-19/h3-7,14,16,18-19,21H,8-11H2,1-2H3/b12-3+. The zero-order chi connectivity index (χ0) is 15.6. The Hall–Kier alpha value is -1.58. The number of allylic oxidation sites excluding steroid dienone is 1. The molecule has 0 radical (unpaired) electrons. The van der Waals surface area contributed by atoms with Crippen molar-refractivity contribution >= 4 is 10.9 Å². The minimum absolute atomic E-state index is 0.234. The van der Waals surface area contributed by atoms with Gasteiger partial charge in [-0.25, -0.2) is 0 Å². The van der Waals surface area contributed by atoms with Crippen LogP contribution in [0.1, 0.15) is 30.7 Å². The Bertz CT molecular complexity index is 790. The van der Waals surface area contributed by atoms with Gasteiger partial charge in [-0.2, -0.15) is 0 Å². The maximum Gasteiger partial charge on any atom is 0.0981 e. The largest absolute Gasteiger partial charge is 0.372 e. The zero-order valence-corrected chi connectivity index (χ0v) is 13.9. The predicted molar refractivity (Wildman–Crippen MR) is 92.5 cm³/mol. The third kappa shape index (κ3) is 1.90. The summed E-state index contributed by atoms with van der Waals surface area (Å²) in [6.07, 6.45) is 4.86. The minimum atomic E-state index is 0.234. The van der Waals surface area contributed by atoms with Gasteiger partial charge < -0.3 is 9.72 Å². The first kappa shape index (κ1) is 13.8. The average Bonchev–Trinajstić information content (AvgIpc) is 2.92. The van der Waals surface area contributed by atoms with Crippen LogP contribution in [-0.2, 0) is 11.2 Å². The van der Waals surface area contributed by atoms with E-state index in [1.165, 1.54) is 22.2 Å². The van der Waals surface area contributed by atoms with Crippen LogP contribution in [0, 0.1) is 11.8 Å². The molecule has 4 aliphatic rings. The number of aromatic amines is 1. The Kier molecular flexibility index (Phi) is 2.98. The Labute approximate surface area is 137 Å². The molecule has 3 aliphatic heterocycles. The van der Waals surface area contributed by atoms with E-state index in [2.05, 4.69) is 54.2 Å². The fraction of sp³-hybridized carbons (Fsp3) is 0.500. The lowest BCUT2D eigenvalue weighted by Crippen LogP contribution is -2.54. The number of benzene rings is 1. The van der Waals surface area contributed by atoms with Gasteiger partial charge in [0, 0.05) is 35.1 Å². The molecule has 1 aromatic heterocycles. The molecule has 23 heavy (non-hydrogen) atoms. The Balaban J connectivity index is 1.71. The van der Waals surface area contributed by atoms with Crippen LogP contribution in [0.25, 0.3) is 10.9 Å². The van der Waals surface area contributed by atoms with E-state index in [9.17, 15) is 0 Å². The van der Waals surface area contributed by atoms with E-state index in [4.69, 9.17) is 4.74 Å². The van der Waals surface area contributed by atoms with E-state index in [1.807, 2.05) is 0 Å². The average molecular weight is 308 g/mol. The molecule has 2 aromatic rings. The number of aromatic nitrogens is 1. The topological polar surface area (TPSA) is 28.3 Å². The van der Waals surface area contributed by atoms with Crippen LogP contribution >= 0.6 is 0 Å². The summed E-state index contributed by atoms with van der Waals surface area (Å²) in [6.45, 7) is 4.22. The van der Waals surface area contributed by atoms with Gasteiger partial charge in [0.25, 0.3) is 0 Å². The van der Waals surface area contributed by atoms with Gasteiger partial charge in [0.2, 0.25) is 0 Å². The molecule has 1 aromatic carbocycles. The van der Waals surface area contributed by atoms with Gasteiger partial charge in [-0.15, -0.1) is 0 Å². The summed E-state index contributed by atoms with van der Waals surface area (Å²) in [5.41, 5.74) is 5.70. The number of piperidine rings is 1. The number of likely N-dealkylation sites (N-methyl/N-ethyl adjacent to an activating group) is 1. The molecule has 3 heteroatoms. The molecule has 0 amide bonds. The van der Waals surface area contributed by atoms with Gasteiger partial charge >= 0.3 is 0 Å². The van der Waals surface area contributed by atoms with E-state index in [0.29, 0.717) is 17.9 Å². The minimum Gasteiger partial charge on any atom is -0.372 e. The first-order valence-electron chi connectivity index (χ1n) is 8.82. The number of H-pyrrole nitrogens is 1. The molecule has 2 fully saturated rings. The summed E-state index contributed by atoms with van der Waals surface area (Å²) in [5, 5.41) is 1.39. The van der Waals surface area contributed by atoms with Gasteiger partial charge in [0.1, 0.15) is 0 Å². The molecular weight excluding hydrogens is 284 g/mol. The number of rotatable bonds is 0. The normalized spacial score (nSPS) is 35.3. The second kappa shape index (κ2) is 4.96. The molecule has 4 unspecified atom stereocenters. The molecular formula is C20H24N2O. The van der Waals surface area contributed by atoms with Crippen LogP contribution in [0.4, 0.5) is 0 Å². The molecule has 6 rings (SSSR count). The molecule has 0 spiro atoms. The summed E-state index contributed by atoms with van der Waals surface area (Å²) in [6, 6.07) is 9.31. The maximum absolute atomic E-state index is 6.33. The fourth-order valence-corrected chi connectivity index (χ4v) is 5.21. The van der Waals surface area contributed by atoms with E-state index in [0.717, 1.165) is 26.0 Å². The van der Waals surface area contributed by atoms with E-state index in [-0.39, 0.29) is 6.10 Å². The third-order valence-electron chi connectivity index (χ3n) is 6.40. The lowest BCUT2D eigenvalue weighted by atomic mass is 9.69. The molecule has 4 atom stereocenters. The highest BCUT2D eigenvalue weighted by Crippen LogP contribution is 2.48. The van der Waals surface area contributed by atoms with Gasteiger partial charge in [-0.05, 0) is 44.4 Å². The number of ether oxygens (including phenoxy) is 1.